The van der Waals surface area contributed by atoms with Crippen LogP contribution in [-0.4, -0.2) is 12.2 Å². The first-order chi connectivity index (χ1) is 16.7. The predicted octanol–water partition coefficient (Wildman–Crippen LogP) is 8.03. The van der Waals surface area contributed by atoms with Crippen molar-refractivity contribution in [3.05, 3.63) is 78.4 Å². The first-order valence-corrected chi connectivity index (χ1v) is 13.4. The Hall–Kier alpha value is -2.92. The van der Waals surface area contributed by atoms with Crippen molar-refractivity contribution in [1.82, 2.24) is 0 Å². The van der Waals surface area contributed by atoms with Gasteiger partial charge in [0.25, 0.3) is 0 Å². The molecule has 0 aliphatic heterocycles. The summed E-state index contributed by atoms with van der Waals surface area (Å²) in [5, 5.41) is 6.57. The quantitative estimate of drug-likeness (QED) is 0.292. The van der Waals surface area contributed by atoms with Crippen LogP contribution in [0.4, 0.5) is 17.1 Å². The van der Waals surface area contributed by atoms with E-state index < -0.39 is 0 Å². The first-order valence-electron chi connectivity index (χ1n) is 12.2. The topological polar surface area (TPSA) is 50.4 Å². The van der Waals surface area contributed by atoms with Crippen molar-refractivity contribution < 1.29 is 9.53 Å². The lowest BCUT2D eigenvalue weighted by Crippen LogP contribution is -2.14. The number of nitrogens with one attached hydrogen (secondary N) is 2. The Labute approximate surface area is 207 Å². The van der Waals surface area contributed by atoms with Crippen LogP contribution in [0.15, 0.2) is 77.7 Å². The van der Waals surface area contributed by atoms with Gasteiger partial charge in [-0.15, -0.1) is 11.8 Å². The highest BCUT2D eigenvalue weighted by atomic mass is 32.2. The molecule has 0 unspecified atom stereocenters. The molecular weight excluding hydrogens is 440 g/mol. The molecule has 178 valence electrons. The van der Waals surface area contributed by atoms with E-state index in [2.05, 4.69) is 35.1 Å². The van der Waals surface area contributed by atoms with Crippen LogP contribution >= 0.6 is 11.8 Å². The number of hydrogen-bond donors (Lipinski definition) is 2. The molecule has 5 heteroatoms. The van der Waals surface area contributed by atoms with E-state index in [4.69, 9.17) is 4.74 Å². The zero-order valence-corrected chi connectivity index (χ0v) is 20.7. The van der Waals surface area contributed by atoms with Crippen molar-refractivity contribution >= 4 is 34.7 Å². The van der Waals surface area contributed by atoms with Crippen molar-refractivity contribution in [2.45, 2.75) is 56.4 Å². The Morgan fingerprint density at radius 3 is 2.53 bits per heavy atom. The normalized spacial score (nSPS) is 13.9. The number of amides is 1. The van der Waals surface area contributed by atoms with E-state index in [-0.39, 0.29) is 5.91 Å². The van der Waals surface area contributed by atoms with Gasteiger partial charge in [0.1, 0.15) is 12.4 Å². The highest BCUT2D eigenvalue weighted by Gasteiger charge is 2.15. The summed E-state index contributed by atoms with van der Waals surface area (Å²) in [6, 6.07) is 24.2. The molecule has 3 aromatic rings. The highest BCUT2D eigenvalue weighted by molar-refractivity contribution is 7.98. The summed E-state index contributed by atoms with van der Waals surface area (Å²) in [4.78, 5) is 13.6. The first kappa shape index (κ1) is 24.2. The third-order valence-corrected chi connectivity index (χ3v) is 7.13. The van der Waals surface area contributed by atoms with E-state index in [0.717, 1.165) is 45.6 Å². The summed E-state index contributed by atoms with van der Waals surface area (Å²) >= 11 is 1.67. The van der Waals surface area contributed by atoms with Crippen LogP contribution in [0.5, 0.6) is 5.75 Å². The average molecular weight is 475 g/mol. The van der Waals surface area contributed by atoms with Gasteiger partial charge < -0.3 is 15.4 Å². The second-order valence-electron chi connectivity index (χ2n) is 8.93. The van der Waals surface area contributed by atoms with Crippen molar-refractivity contribution in [3.63, 3.8) is 0 Å². The molecule has 1 aliphatic rings. The Balaban J connectivity index is 1.33. The highest BCUT2D eigenvalue weighted by Crippen LogP contribution is 2.33. The number of benzene rings is 3. The van der Waals surface area contributed by atoms with Gasteiger partial charge in [-0.25, -0.2) is 0 Å². The number of rotatable bonds is 10. The van der Waals surface area contributed by atoms with Gasteiger partial charge in [-0.1, -0.05) is 68.5 Å². The largest absolute Gasteiger partial charge is 0.489 e. The number of ether oxygens (including phenoxy) is 1. The van der Waals surface area contributed by atoms with Gasteiger partial charge in [-0.2, -0.15) is 0 Å². The molecule has 2 N–H and O–H groups in total. The number of carbonyl (C=O) groups is 1. The van der Waals surface area contributed by atoms with E-state index in [1.165, 1.54) is 32.1 Å². The van der Waals surface area contributed by atoms with E-state index >= 15 is 0 Å². The number of thioether (sulfide) groups is 1. The van der Waals surface area contributed by atoms with Crippen LogP contribution in [0, 0.1) is 5.92 Å². The molecule has 0 aromatic heterocycles. The van der Waals surface area contributed by atoms with Gasteiger partial charge in [0.2, 0.25) is 5.91 Å². The lowest BCUT2D eigenvalue weighted by atomic mass is 9.86. The van der Waals surface area contributed by atoms with Gasteiger partial charge in [0, 0.05) is 22.7 Å². The number of anilines is 3. The molecule has 34 heavy (non-hydrogen) atoms. The molecule has 0 heterocycles. The second kappa shape index (κ2) is 12.5. The third kappa shape index (κ3) is 7.29. The lowest BCUT2D eigenvalue weighted by Gasteiger charge is -2.21. The van der Waals surface area contributed by atoms with Crippen LogP contribution in [0.1, 0.15) is 50.5 Å². The molecule has 0 saturated heterocycles. The van der Waals surface area contributed by atoms with Crippen LogP contribution in [-0.2, 0) is 11.4 Å². The molecule has 0 spiro atoms. The fraction of sp³-hybridized carbons (Fsp3) is 0.345. The van der Waals surface area contributed by atoms with Crippen LogP contribution in [0.3, 0.4) is 0 Å². The summed E-state index contributed by atoms with van der Waals surface area (Å²) in [7, 11) is 0. The zero-order valence-electron chi connectivity index (χ0n) is 19.9. The van der Waals surface area contributed by atoms with Crippen LogP contribution in [0.25, 0.3) is 0 Å². The van der Waals surface area contributed by atoms with Gasteiger partial charge in [-0.3, -0.25) is 4.79 Å². The maximum Gasteiger partial charge on any atom is 0.224 e. The standard InChI is InChI=1S/C29H34N2O2S/c1-34-28-20-26(33-21-23-11-6-3-7-12-23)16-17-27(28)30-24-13-8-14-25(19-24)31-29(32)18-15-22-9-4-2-5-10-22/h3,6-8,11-14,16-17,19-20,22,30H,2,4-5,9-10,15,18,21H2,1H3,(H,31,32). The summed E-state index contributed by atoms with van der Waals surface area (Å²) in [5.41, 5.74) is 3.93. The molecule has 1 saturated carbocycles. The maximum absolute atomic E-state index is 12.5. The SMILES string of the molecule is CSc1cc(OCc2ccccc2)ccc1Nc1cccc(NC(=O)CCC2CCCCC2)c1. The average Bonchev–Trinajstić information content (AvgIpc) is 2.88. The van der Waals surface area contributed by atoms with Crippen molar-refractivity contribution in [2.24, 2.45) is 5.92 Å². The van der Waals surface area contributed by atoms with Crippen LogP contribution in [0.2, 0.25) is 0 Å². The van der Waals surface area contributed by atoms with Gasteiger partial charge in [-0.05, 0) is 60.6 Å². The van der Waals surface area contributed by atoms with Gasteiger partial charge in [0.15, 0.2) is 0 Å². The molecule has 1 amide bonds. The van der Waals surface area contributed by atoms with E-state index in [9.17, 15) is 4.79 Å². The van der Waals surface area contributed by atoms with Crippen molar-refractivity contribution in [2.75, 3.05) is 16.9 Å². The summed E-state index contributed by atoms with van der Waals surface area (Å²) in [5.74, 6) is 1.67. The van der Waals surface area contributed by atoms with Gasteiger partial charge in [0.05, 0.1) is 5.69 Å². The molecule has 0 radical (unpaired) electrons. The molecule has 0 atom stereocenters. The smallest absolute Gasteiger partial charge is 0.224 e. The summed E-state index contributed by atoms with van der Waals surface area (Å²) in [6.45, 7) is 0.546. The fourth-order valence-electron chi connectivity index (χ4n) is 4.47. The molecular formula is C29H34N2O2S. The number of carbonyl (C=O) groups excluding carboxylic acids is 1. The maximum atomic E-state index is 12.5. The minimum atomic E-state index is 0.104. The third-order valence-electron chi connectivity index (χ3n) is 6.35. The second-order valence-corrected chi connectivity index (χ2v) is 9.78. The summed E-state index contributed by atoms with van der Waals surface area (Å²) in [6.07, 6.45) is 10.2. The molecule has 1 aliphatic carbocycles. The Morgan fingerprint density at radius 2 is 1.74 bits per heavy atom. The monoisotopic (exact) mass is 474 g/mol. The van der Waals surface area contributed by atoms with E-state index in [1.54, 1.807) is 11.8 Å². The van der Waals surface area contributed by atoms with Crippen molar-refractivity contribution in [1.29, 1.82) is 0 Å². The Bertz CT molecular complexity index is 1060. The minimum absolute atomic E-state index is 0.104. The molecule has 0 bridgehead atoms. The minimum Gasteiger partial charge on any atom is -0.489 e. The van der Waals surface area contributed by atoms with E-state index in [0.29, 0.717) is 13.0 Å². The fourth-order valence-corrected chi connectivity index (χ4v) is 5.04. The van der Waals surface area contributed by atoms with Crippen LogP contribution < -0.4 is 15.4 Å². The predicted molar refractivity (Wildman–Crippen MR) is 143 cm³/mol. The lowest BCUT2D eigenvalue weighted by molar-refractivity contribution is -0.116. The Kier molecular flexibility index (Phi) is 8.91. The molecule has 1 fully saturated rings. The Morgan fingerprint density at radius 1 is 0.941 bits per heavy atom. The van der Waals surface area contributed by atoms with Gasteiger partial charge >= 0.3 is 0 Å². The number of hydrogen-bond acceptors (Lipinski definition) is 4. The molecule has 3 aromatic carbocycles. The van der Waals surface area contributed by atoms with Crippen molar-refractivity contribution in [3.8, 4) is 5.75 Å². The zero-order chi connectivity index (χ0) is 23.6. The molecule has 4 nitrogen and oxygen atoms in total. The van der Waals surface area contributed by atoms with E-state index in [1.807, 2.05) is 54.6 Å². The molecule has 4 rings (SSSR count). The summed E-state index contributed by atoms with van der Waals surface area (Å²) < 4.78 is 5.98.